The van der Waals surface area contributed by atoms with Crippen LogP contribution in [-0.4, -0.2) is 44.9 Å². The predicted octanol–water partition coefficient (Wildman–Crippen LogP) is 3.55. The Balaban J connectivity index is 1.50. The van der Waals surface area contributed by atoms with E-state index in [-0.39, 0.29) is 11.0 Å². The minimum Gasteiger partial charge on any atom is -0.489 e. The van der Waals surface area contributed by atoms with Crippen LogP contribution in [-0.2, 0) is 10.0 Å². The molecular formula is C22H29N5O3S2. The second-order valence-corrected chi connectivity index (χ2v) is 10.8. The number of dihydropyridines is 1. The van der Waals surface area contributed by atoms with Gasteiger partial charge in [-0.1, -0.05) is 6.08 Å². The van der Waals surface area contributed by atoms with Crippen LogP contribution in [0.5, 0.6) is 5.75 Å². The van der Waals surface area contributed by atoms with Crippen molar-refractivity contribution < 1.29 is 13.2 Å². The summed E-state index contributed by atoms with van der Waals surface area (Å²) >= 11 is 1.44. The number of benzene rings is 1. The van der Waals surface area contributed by atoms with Crippen LogP contribution >= 0.6 is 11.3 Å². The van der Waals surface area contributed by atoms with E-state index < -0.39 is 10.0 Å². The number of nitrogens with zero attached hydrogens (tertiary/aromatic N) is 2. The van der Waals surface area contributed by atoms with Gasteiger partial charge in [-0.2, -0.15) is 0 Å². The quantitative estimate of drug-likeness (QED) is 0.564. The summed E-state index contributed by atoms with van der Waals surface area (Å²) in [5.41, 5.74) is 2.36. The largest absolute Gasteiger partial charge is 0.489 e. The highest BCUT2D eigenvalue weighted by Gasteiger charge is 2.24. The molecule has 0 spiro atoms. The Bertz CT molecular complexity index is 1120. The molecule has 4 N–H and O–H groups in total. The number of sulfonamides is 1. The highest BCUT2D eigenvalue weighted by Crippen LogP contribution is 2.34. The normalized spacial score (nSPS) is 19.8. The topological polar surface area (TPSA) is 119 Å². The molecule has 2 aliphatic rings. The van der Waals surface area contributed by atoms with Crippen LogP contribution in [0, 0.1) is 5.92 Å². The lowest BCUT2D eigenvalue weighted by atomic mass is 9.87. The molecule has 0 aliphatic carbocycles. The van der Waals surface area contributed by atoms with Crippen LogP contribution in [0.1, 0.15) is 38.8 Å². The van der Waals surface area contributed by atoms with E-state index in [9.17, 15) is 8.42 Å². The van der Waals surface area contributed by atoms with Crippen LogP contribution < -0.4 is 20.5 Å². The van der Waals surface area contributed by atoms with Crippen molar-refractivity contribution in [2.24, 2.45) is 16.0 Å². The Hall–Kier alpha value is -2.27. The number of aliphatic imine (C=N–C) groups is 1. The highest BCUT2D eigenvalue weighted by atomic mass is 32.2. The number of aromatic nitrogens is 1. The highest BCUT2D eigenvalue weighted by molar-refractivity contribution is 7.89. The summed E-state index contributed by atoms with van der Waals surface area (Å²) in [6.45, 7) is 5.96. The molecule has 0 bridgehead atoms. The third-order valence-electron chi connectivity index (χ3n) is 5.60. The van der Waals surface area contributed by atoms with E-state index in [0.717, 1.165) is 30.8 Å². The molecule has 2 aromatic rings. The van der Waals surface area contributed by atoms with Crippen molar-refractivity contribution in [3.05, 3.63) is 35.3 Å². The zero-order chi connectivity index (χ0) is 22.7. The predicted molar refractivity (Wildman–Crippen MR) is 129 cm³/mol. The summed E-state index contributed by atoms with van der Waals surface area (Å²) < 4.78 is 29.4. The minimum absolute atomic E-state index is 0.0129. The van der Waals surface area contributed by atoms with E-state index in [1.165, 1.54) is 36.3 Å². The van der Waals surface area contributed by atoms with Crippen molar-refractivity contribution in [2.45, 2.75) is 50.2 Å². The molecule has 1 unspecified atom stereocenters. The molecule has 1 atom stereocenters. The molecule has 1 aromatic heterocycles. The van der Waals surface area contributed by atoms with E-state index in [1.54, 1.807) is 6.07 Å². The Morgan fingerprint density at radius 3 is 2.72 bits per heavy atom. The van der Waals surface area contributed by atoms with E-state index in [4.69, 9.17) is 14.9 Å². The van der Waals surface area contributed by atoms with Gasteiger partial charge in [0.2, 0.25) is 10.0 Å². The average Bonchev–Trinajstić information content (AvgIpc) is 3.23. The molecule has 1 fully saturated rings. The fourth-order valence-electron chi connectivity index (χ4n) is 3.97. The van der Waals surface area contributed by atoms with Crippen molar-refractivity contribution >= 4 is 44.0 Å². The van der Waals surface area contributed by atoms with E-state index in [2.05, 4.69) is 21.7 Å². The maximum Gasteiger partial charge on any atom is 0.238 e. The van der Waals surface area contributed by atoms with Gasteiger partial charge < -0.3 is 15.4 Å². The van der Waals surface area contributed by atoms with E-state index in [1.807, 2.05) is 25.4 Å². The number of rotatable bonds is 7. The minimum atomic E-state index is -3.83. The number of nitrogens with two attached hydrogens (primary N) is 1. The number of piperidine rings is 1. The molecule has 32 heavy (non-hydrogen) atoms. The zero-order valence-electron chi connectivity index (χ0n) is 18.2. The third-order valence-corrected chi connectivity index (χ3v) is 7.26. The molecule has 2 aliphatic heterocycles. The van der Waals surface area contributed by atoms with Crippen LogP contribution in [0.25, 0.3) is 5.57 Å². The van der Waals surface area contributed by atoms with Crippen LogP contribution in [0.3, 0.4) is 0 Å². The molecule has 172 valence electrons. The second kappa shape index (κ2) is 9.70. The number of anilines is 2. The third kappa shape index (κ3) is 5.55. The molecule has 0 amide bonds. The van der Waals surface area contributed by atoms with Gasteiger partial charge in [-0.3, -0.25) is 4.99 Å². The molecule has 0 saturated carbocycles. The number of hydrogen-bond donors (Lipinski definition) is 3. The number of hydrogen-bond acceptors (Lipinski definition) is 8. The molecule has 1 aromatic carbocycles. The second-order valence-electron chi connectivity index (χ2n) is 8.36. The number of ether oxygens (including phenoxy) is 1. The molecule has 8 nitrogen and oxygen atoms in total. The number of nitrogens with one attached hydrogen (secondary N) is 2. The maximum absolute atomic E-state index is 11.8. The van der Waals surface area contributed by atoms with Crippen molar-refractivity contribution in [2.75, 3.05) is 18.4 Å². The van der Waals surface area contributed by atoms with Crippen molar-refractivity contribution in [1.82, 2.24) is 10.3 Å². The lowest BCUT2D eigenvalue weighted by Gasteiger charge is -2.29. The fourth-order valence-corrected chi connectivity index (χ4v) is 5.24. The van der Waals surface area contributed by atoms with Gasteiger partial charge in [-0.15, -0.1) is 11.3 Å². The van der Waals surface area contributed by atoms with Gasteiger partial charge in [0.25, 0.3) is 0 Å². The van der Waals surface area contributed by atoms with Crippen LogP contribution in [0.2, 0.25) is 0 Å². The average molecular weight is 476 g/mol. The first-order valence-corrected chi connectivity index (χ1v) is 13.2. The number of allylic oxidation sites excluding steroid dienone is 1. The lowest BCUT2D eigenvalue weighted by Crippen LogP contribution is -2.33. The van der Waals surface area contributed by atoms with Gasteiger partial charge in [-0.25, -0.2) is 18.5 Å². The molecule has 1 saturated heterocycles. The Labute approximate surface area is 193 Å². The summed E-state index contributed by atoms with van der Waals surface area (Å²) in [6.07, 6.45) is 7.36. The van der Waals surface area contributed by atoms with Gasteiger partial charge in [0.05, 0.1) is 28.4 Å². The maximum atomic E-state index is 11.8. The summed E-state index contributed by atoms with van der Waals surface area (Å²) in [4.78, 5) is 9.51. The summed E-state index contributed by atoms with van der Waals surface area (Å²) in [5, 5.41) is 14.5. The van der Waals surface area contributed by atoms with Gasteiger partial charge in [0, 0.05) is 17.2 Å². The molecule has 4 rings (SSSR count). The van der Waals surface area contributed by atoms with Gasteiger partial charge in [0.15, 0.2) is 5.13 Å². The van der Waals surface area contributed by atoms with Crippen LogP contribution in [0.15, 0.2) is 39.5 Å². The smallest absolute Gasteiger partial charge is 0.238 e. The summed E-state index contributed by atoms with van der Waals surface area (Å²) in [6, 6.07) is 4.87. The van der Waals surface area contributed by atoms with Crippen molar-refractivity contribution in [3.8, 4) is 5.75 Å². The van der Waals surface area contributed by atoms with Gasteiger partial charge in [0.1, 0.15) is 5.75 Å². The fraction of sp³-hybridized carbons (Fsp3) is 0.455. The summed E-state index contributed by atoms with van der Waals surface area (Å²) in [7, 11) is -3.83. The molecule has 10 heteroatoms. The van der Waals surface area contributed by atoms with Crippen molar-refractivity contribution in [1.29, 1.82) is 0 Å². The zero-order valence-corrected chi connectivity index (χ0v) is 19.9. The molecule has 0 radical (unpaired) electrons. The van der Waals surface area contributed by atoms with E-state index >= 15 is 0 Å². The molecular weight excluding hydrogens is 446 g/mol. The van der Waals surface area contributed by atoms with Crippen LogP contribution in [0.4, 0.5) is 10.8 Å². The first-order chi connectivity index (χ1) is 15.3. The Morgan fingerprint density at radius 2 is 2.06 bits per heavy atom. The number of primary sulfonamides is 1. The Morgan fingerprint density at radius 1 is 1.28 bits per heavy atom. The number of thiazole rings is 1. The monoisotopic (exact) mass is 475 g/mol. The molecule has 3 heterocycles. The lowest BCUT2D eigenvalue weighted by molar-refractivity contribution is 0.243. The van der Waals surface area contributed by atoms with Gasteiger partial charge in [-0.05, 0) is 70.3 Å². The SMILES string of the molecule is CC(C)Oc1ccc(S(N)(=O)=O)cc1Nc1nc(C2=CCC(C3CCNCC3)N=C2)cs1. The summed E-state index contributed by atoms with van der Waals surface area (Å²) in [5.74, 6) is 1.18. The Kier molecular flexibility index (Phi) is 6.94. The van der Waals surface area contributed by atoms with Gasteiger partial charge >= 0.3 is 0 Å². The standard InChI is InChI=1S/C22H29N5O3S2/c1-14(2)30-21-6-4-17(32(23,28)29)11-19(21)26-22-27-20(13-31-22)16-3-5-18(25-12-16)15-7-9-24-10-8-15/h3-4,6,11-15,18,24H,5,7-10H2,1-2H3,(H,26,27)(H2,23,28,29). The van der Waals surface area contributed by atoms with E-state index in [0.29, 0.717) is 28.5 Å². The first-order valence-electron chi connectivity index (χ1n) is 10.8. The first kappa shape index (κ1) is 22.9. The van der Waals surface area contributed by atoms with Crippen molar-refractivity contribution in [3.63, 3.8) is 0 Å².